The molecule has 0 saturated heterocycles. The molecule has 0 saturated carbocycles. The first-order valence-electron chi connectivity index (χ1n) is 6.41. The molecule has 0 radical (unpaired) electrons. The Bertz CT molecular complexity index is 607. The van der Waals surface area contributed by atoms with E-state index in [2.05, 4.69) is 5.10 Å². The van der Waals surface area contributed by atoms with E-state index in [4.69, 9.17) is 15.2 Å². The Kier molecular flexibility index (Phi) is 4.24. The predicted octanol–water partition coefficient (Wildman–Crippen LogP) is 2.45. The first-order chi connectivity index (χ1) is 9.63. The zero-order chi connectivity index (χ0) is 14.5. The van der Waals surface area contributed by atoms with Gasteiger partial charge < -0.3 is 15.2 Å². The van der Waals surface area contributed by atoms with Crippen LogP contribution in [0.5, 0.6) is 11.5 Å². The van der Waals surface area contributed by atoms with Crippen molar-refractivity contribution < 1.29 is 14.3 Å². The molecular formula is C14H17N3O3. The van der Waals surface area contributed by atoms with Gasteiger partial charge in [0.15, 0.2) is 11.5 Å². The van der Waals surface area contributed by atoms with Crippen LogP contribution in [0.1, 0.15) is 24.2 Å². The lowest BCUT2D eigenvalue weighted by molar-refractivity contribution is 0.0526. The number of aromatic nitrogens is 2. The van der Waals surface area contributed by atoms with Gasteiger partial charge in [0.25, 0.3) is 0 Å². The third kappa shape index (κ3) is 3.09. The van der Waals surface area contributed by atoms with Gasteiger partial charge in [0.1, 0.15) is 0 Å². The molecule has 0 bridgehead atoms. The minimum Gasteiger partial charge on any atom is -0.462 e. The van der Waals surface area contributed by atoms with E-state index in [1.807, 2.05) is 6.92 Å². The molecular weight excluding hydrogens is 258 g/mol. The van der Waals surface area contributed by atoms with Gasteiger partial charge in [-0.2, -0.15) is 5.10 Å². The van der Waals surface area contributed by atoms with Crippen LogP contribution in [0.4, 0.5) is 5.69 Å². The van der Waals surface area contributed by atoms with Crippen molar-refractivity contribution in [3.8, 4) is 11.5 Å². The van der Waals surface area contributed by atoms with Crippen molar-refractivity contribution in [3.63, 3.8) is 0 Å². The van der Waals surface area contributed by atoms with Gasteiger partial charge in [0.05, 0.1) is 30.3 Å². The monoisotopic (exact) mass is 275 g/mol. The van der Waals surface area contributed by atoms with E-state index in [0.29, 0.717) is 29.4 Å². The SMILES string of the molecule is CCOC(=O)c1ccc(N)c(Oc2cnn(CC)c2)c1. The van der Waals surface area contributed by atoms with Gasteiger partial charge in [-0.15, -0.1) is 0 Å². The maximum absolute atomic E-state index is 11.7. The van der Waals surface area contributed by atoms with E-state index in [1.54, 1.807) is 42.2 Å². The highest BCUT2D eigenvalue weighted by Crippen LogP contribution is 2.28. The largest absolute Gasteiger partial charge is 0.462 e. The van der Waals surface area contributed by atoms with Crippen LogP contribution in [0.2, 0.25) is 0 Å². The molecule has 0 aliphatic rings. The fourth-order valence-corrected chi connectivity index (χ4v) is 1.66. The number of ether oxygens (including phenoxy) is 2. The van der Waals surface area contributed by atoms with Gasteiger partial charge in [-0.25, -0.2) is 4.79 Å². The number of carbonyl (C=O) groups is 1. The van der Waals surface area contributed by atoms with Crippen LogP contribution in [0.15, 0.2) is 30.6 Å². The lowest BCUT2D eigenvalue weighted by atomic mass is 10.2. The topological polar surface area (TPSA) is 79.4 Å². The van der Waals surface area contributed by atoms with Gasteiger partial charge in [-0.1, -0.05) is 0 Å². The molecule has 2 N–H and O–H groups in total. The van der Waals surface area contributed by atoms with E-state index in [-0.39, 0.29) is 0 Å². The summed E-state index contributed by atoms with van der Waals surface area (Å²) in [5, 5.41) is 4.11. The van der Waals surface area contributed by atoms with Crippen LogP contribution >= 0.6 is 0 Å². The summed E-state index contributed by atoms with van der Waals surface area (Å²) in [7, 11) is 0. The molecule has 1 aromatic heterocycles. The molecule has 0 aliphatic carbocycles. The summed E-state index contributed by atoms with van der Waals surface area (Å²) < 4.78 is 12.3. The molecule has 1 aromatic carbocycles. The fraction of sp³-hybridized carbons (Fsp3) is 0.286. The standard InChI is InChI=1S/C14H17N3O3/c1-3-17-9-11(8-16-17)20-13-7-10(5-6-12(13)15)14(18)19-4-2/h5-9H,3-4,15H2,1-2H3. The summed E-state index contributed by atoms with van der Waals surface area (Å²) in [6.07, 6.45) is 3.36. The number of nitrogens with two attached hydrogens (primary N) is 1. The van der Waals surface area contributed by atoms with Crippen molar-refractivity contribution in [3.05, 3.63) is 36.2 Å². The molecule has 106 valence electrons. The van der Waals surface area contributed by atoms with Crippen molar-refractivity contribution in [2.45, 2.75) is 20.4 Å². The van der Waals surface area contributed by atoms with Crippen LogP contribution < -0.4 is 10.5 Å². The maximum atomic E-state index is 11.7. The van der Waals surface area contributed by atoms with Gasteiger partial charge >= 0.3 is 5.97 Å². The van der Waals surface area contributed by atoms with Crippen LogP contribution in [-0.2, 0) is 11.3 Å². The minimum atomic E-state index is -0.401. The molecule has 1 heterocycles. The normalized spacial score (nSPS) is 10.3. The number of nitrogen functional groups attached to an aromatic ring is 1. The number of hydrogen-bond donors (Lipinski definition) is 1. The van der Waals surface area contributed by atoms with Crippen LogP contribution in [0, 0.1) is 0 Å². The lowest BCUT2D eigenvalue weighted by Crippen LogP contribution is -2.05. The Morgan fingerprint density at radius 3 is 2.85 bits per heavy atom. The zero-order valence-corrected chi connectivity index (χ0v) is 11.5. The average Bonchev–Trinajstić information content (AvgIpc) is 2.89. The smallest absolute Gasteiger partial charge is 0.338 e. The predicted molar refractivity (Wildman–Crippen MR) is 74.8 cm³/mol. The van der Waals surface area contributed by atoms with Crippen LogP contribution in [0.25, 0.3) is 0 Å². The Balaban J connectivity index is 2.22. The molecule has 0 atom stereocenters. The Morgan fingerprint density at radius 1 is 1.40 bits per heavy atom. The molecule has 0 unspecified atom stereocenters. The molecule has 6 heteroatoms. The minimum absolute atomic E-state index is 0.322. The Morgan fingerprint density at radius 2 is 2.20 bits per heavy atom. The highest BCUT2D eigenvalue weighted by atomic mass is 16.5. The number of esters is 1. The van der Waals surface area contributed by atoms with Crippen molar-refractivity contribution in [1.29, 1.82) is 0 Å². The molecule has 0 aliphatic heterocycles. The quantitative estimate of drug-likeness (QED) is 0.669. The second-order valence-corrected chi connectivity index (χ2v) is 4.11. The van der Waals surface area contributed by atoms with Crippen molar-refractivity contribution in [1.82, 2.24) is 9.78 Å². The van der Waals surface area contributed by atoms with Gasteiger partial charge in [-0.3, -0.25) is 4.68 Å². The molecule has 2 rings (SSSR count). The number of hydrogen-bond acceptors (Lipinski definition) is 5. The van der Waals surface area contributed by atoms with Crippen molar-refractivity contribution in [2.75, 3.05) is 12.3 Å². The lowest BCUT2D eigenvalue weighted by Gasteiger charge is -2.08. The summed E-state index contributed by atoms with van der Waals surface area (Å²) in [6.45, 7) is 4.81. The third-order valence-electron chi connectivity index (χ3n) is 2.69. The van der Waals surface area contributed by atoms with E-state index in [1.165, 1.54) is 0 Å². The molecule has 0 fully saturated rings. The summed E-state index contributed by atoms with van der Waals surface area (Å²) in [4.78, 5) is 11.7. The summed E-state index contributed by atoms with van der Waals surface area (Å²) in [6, 6.07) is 4.79. The second-order valence-electron chi connectivity index (χ2n) is 4.11. The highest BCUT2D eigenvalue weighted by molar-refractivity contribution is 5.90. The van der Waals surface area contributed by atoms with E-state index in [9.17, 15) is 4.79 Å². The fourth-order valence-electron chi connectivity index (χ4n) is 1.66. The van der Waals surface area contributed by atoms with Crippen molar-refractivity contribution >= 4 is 11.7 Å². The van der Waals surface area contributed by atoms with Gasteiger partial charge in [0.2, 0.25) is 0 Å². The molecule has 2 aromatic rings. The number of benzene rings is 1. The second kappa shape index (κ2) is 6.10. The average molecular weight is 275 g/mol. The van der Waals surface area contributed by atoms with E-state index >= 15 is 0 Å². The van der Waals surface area contributed by atoms with Gasteiger partial charge in [-0.05, 0) is 32.0 Å². The first-order valence-corrected chi connectivity index (χ1v) is 6.41. The Labute approximate surface area is 117 Å². The number of rotatable bonds is 5. The zero-order valence-electron chi connectivity index (χ0n) is 11.5. The maximum Gasteiger partial charge on any atom is 0.338 e. The van der Waals surface area contributed by atoms with Gasteiger partial charge in [0, 0.05) is 6.54 Å². The molecule has 20 heavy (non-hydrogen) atoms. The molecule has 6 nitrogen and oxygen atoms in total. The van der Waals surface area contributed by atoms with Crippen LogP contribution in [0.3, 0.4) is 0 Å². The number of carbonyl (C=O) groups excluding carboxylic acids is 1. The highest BCUT2D eigenvalue weighted by Gasteiger charge is 2.11. The summed E-state index contributed by atoms with van der Waals surface area (Å²) in [5.74, 6) is 0.576. The number of nitrogens with zero attached hydrogens (tertiary/aromatic N) is 2. The van der Waals surface area contributed by atoms with E-state index < -0.39 is 5.97 Å². The first kappa shape index (κ1) is 13.9. The Hall–Kier alpha value is -2.50. The van der Waals surface area contributed by atoms with Crippen molar-refractivity contribution in [2.24, 2.45) is 0 Å². The third-order valence-corrected chi connectivity index (χ3v) is 2.69. The molecule has 0 spiro atoms. The number of aryl methyl sites for hydroxylation is 1. The molecule has 0 amide bonds. The summed E-state index contributed by atoms with van der Waals surface area (Å²) >= 11 is 0. The van der Waals surface area contributed by atoms with Crippen LogP contribution in [-0.4, -0.2) is 22.4 Å². The van der Waals surface area contributed by atoms with E-state index in [0.717, 1.165) is 6.54 Å². The number of anilines is 1. The summed E-state index contributed by atoms with van der Waals surface area (Å²) in [5.41, 5.74) is 6.69.